The number of oxazole rings is 1. The van der Waals surface area contributed by atoms with E-state index in [4.69, 9.17) is 20.9 Å². The second-order valence-electron chi connectivity index (χ2n) is 7.32. The number of hydrogen-bond acceptors (Lipinski definition) is 7. The van der Waals surface area contributed by atoms with Crippen molar-refractivity contribution in [2.45, 2.75) is 37.8 Å². The minimum Gasteiger partial charge on any atom is -0.436 e. The molecule has 7 heteroatoms. The van der Waals surface area contributed by atoms with Gasteiger partial charge in [-0.25, -0.2) is 9.98 Å². The standard InChI is InChI=1S/C21H22N6O/c22-19-25-20(23)27(21(26-19)12-6-1-7-13-21)16-10-4-2-8-14(16)18-24-15-9-3-5-11-17(15)28-18/h2-5,8-11H,1,6-7,12-13H2,(H4,22,23,25,26). The highest BCUT2D eigenvalue weighted by Crippen LogP contribution is 2.42. The Labute approximate surface area is 162 Å². The molecule has 2 aliphatic rings. The molecule has 1 aliphatic carbocycles. The van der Waals surface area contributed by atoms with Gasteiger partial charge in [-0.2, -0.15) is 4.99 Å². The van der Waals surface area contributed by atoms with Gasteiger partial charge in [0.2, 0.25) is 17.8 Å². The van der Waals surface area contributed by atoms with Crippen LogP contribution in [0.1, 0.15) is 32.1 Å². The van der Waals surface area contributed by atoms with Gasteiger partial charge in [-0.1, -0.05) is 30.7 Å². The van der Waals surface area contributed by atoms with Crippen molar-refractivity contribution in [3.63, 3.8) is 0 Å². The summed E-state index contributed by atoms with van der Waals surface area (Å²) in [4.78, 5) is 15.7. The number of guanidine groups is 2. The number of fused-ring (bicyclic) bond motifs is 1. The molecule has 142 valence electrons. The van der Waals surface area contributed by atoms with E-state index in [0.29, 0.717) is 11.9 Å². The summed E-state index contributed by atoms with van der Waals surface area (Å²) in [6.45, 7) is 0. The molecule has 3 aromatic rings. The van der Waals surface area contributed by atoms with Gasteiger partial charge < -0.3 is 15.9 Å². The molecule has 0 atom stereocenters. The van der Waals surface area contributed by atoms with Crippen molar-refractivity contribution in [2.24, 2.45) is 21.5 Å². The van der Waals surface area contributed by atoms with Crippen molar-refractivity contribution < 1.29 is 4.42 Å². The zero-order chi connectivity index (χ0) is 19.1. The van der Waals surface area contributed by atoms with Gasteiger partial charge in [-0.3, -0.25) is 4.90 Å². The lowest BCUT2D eigenvalue weighted by atomic mass is 9.87. The van der Waals surface area contributed by atoms with E-state index in [1.54, 1.807) is 0 Å². The first-order chi connectivity index (χ1) is 13.7. The first-order valence-corrected chi connectivity index (χ1v) is 9.61. The molecule has 1 fully saturated rings. The van der Waals surface area contributed by atoms with E-state index in [9.17, 15) is 0 Å². The highest BCUT2D eigenvalue weighted by atomic mass is 16.3. The lowest BCUT2D eigenvalue weighted by molar-refractivity contribution is 0.305. The molecule has 7 nitrogen and oxygen atoms in total. The zero-order valence-corrected chi connectivity index (χ0v) is 15.5. The van der Waals surface area contributed by atoms with Crippen LogP contribution in [0.3, 0.4) is 0 Å². The second kappa shape index (κ2) is 6.37. The second-order valence-corrected chi connectivity index (χ2v) is 7.32. The minimum absolute atomic E-state index is 0.245. The molecule has 2 aromatic carbocycles. The molecule has 1 spiro atoms. The summed E-state index contributed by atoms with van der Waals surface area (Å²) in [5.74, 6) is 1.16. The third kappa shape index (κ3) is 2.62. The van der Waals surface area contributed by atoms with Crippen molar-refractivity contribution in [1.29, 1.82) is 0 Å². The van der Waals surface area contributed by atoms with Gasteiger partial charge in [-0.15, -0.1) is 0 Å². The number of aromatic nitrogens is 1. The maximum atomic E-state index is 6.39. The van der Waals surface area contributed by atoms with Crippen LogP contribution in [0.4, 0.5) is 5.69 Å². The number of para-hydroxylation sites is 3. The van der Waals surface area contributed by atoms with Crippen LogP contribution < -0.4 is 16.4 Å². The summed E-state index contributed by atoms with van der Waals surface area (Å²) < 4.78 is 6.04. The summed E-state index contributed by atoms with van der Waals surface area (Å²) in [5, 5.41) is 0. The number of nitrogens with zero attached hydrogens (tertiary/aromatic N) is 4. The Kier molecular flexibility index (Phi) is 3.82. The van der Waals surface area contributed by atoms with E-state index in [1.165, 1.54) is 6.42 Å². The molecule has 5 rings (SSSR count). The van der Waals surface area contributed by atoms with Gasteiger partial charge in [0, 0.05) is 0 Å². The molecular weight excluding hydrogens is 352 g/mol. The fourth-order valence-corrected chi connectivity index (χ4v) is 4.31. The summed E-state index contributed by atoms with van der Waals surface area (Å²) >= 11 is 0. The van der Waals surface area contributed by atoms with E-state index >= 15 is 0 Å². The van der Waals surface area contributed by atoms with Crippen LogP contribution in [0.15, 0.2) is 62.9 Å². The maximum Gasteiger partial charge on any atom is 0.229 e. The molecule has 1 aromatic heterocycles. The normalized spacial score (nSPS) is 18.9. The molecule has 2 heterocycles. The number of rotatable bonds is 2. The Morgan fingerprint density at radius 1 is 0.929 bits per heavy atom. The Morgan fingerprint density at radius 2 is 1.68 bits per heavy atom. The van der Waals surface area contributed by atoms with Crippen molar-refractivity contribution >= 4 is 28.7 Å². The van der Waals surface area contributed by atoms with Crippen LogP contribution in [0.5, 0.6) is 0 Å². The Bertz CT molecular complexity index is 1060. The van der Waals surface area contributed by atoms with Gasteiger partial charge in [-0.05, 0) is 49.9 Å². The van der Waals surface area contributed by atoms with Crippen LogP contribution in [0.25, 0.3) is 22.6 Å². The molecule has 28 heavy (non-hydrogen) atoms. The topological polar surface area (TPSA) is 106 Å². The fraction of sp³-hybridized carbons (Fsp3) is 0.286. The average molecular weight is 374 g/mol. The summed E-state index contributed by atoms with van der Waals surface area (Å²) in [5.41, 5.74) is 15.2. The third-order valence-electron chi connectivity index (χ3n) is 5.52. The molecule has 0 radical (unpaired) electrons. The van der Waals surface area contributed by atoms with Crippen LogP contribution >= 0.6 is 0 Å². The maximum absolute atomic E-state index is 6.39. The smallest absolute Gasteiger partial charge is 0.229 e. The lowest BCUT2D eigenvalue weighted by Gasteiger charge is -2.46. The molecule has 1 saturated carbocycles. The minimum atomic E-state index is -0.504. The lowest BCUT2D eigenvalue weighted by Crippen LogP contribution is -2.58. The van der Waals surface area contributed by atoms with E-state index in [0.717, 1.165) is 48.0 Å². The van der Waals surface area contributed by atoms with Gasteiger partial charge in [0.05, 0.1) is 11.3 Å². The predicted octanol–water partition coefficient (Wildman–Crippen LogP) is 3.60. The largest absolute Gasteiger partial charge is 0.436 e. The Hall–Kier alpha value is -3.35. The number of anilines is 1. The summed E-state index contributed by atoms with van der Waals surface area (Å²) in [6.07, 6.45) is 5.10. The van der Waals surface area contributed by atoms with Crippen LogP contribution in [0.2, 0.25) is 0 Å². The molecule has 0 saturated heterocycles. The Balaban J connectivity index is 1.67. The fourth-order valence-electron chi connectivity index (χ4n) is 4.31. The molecule has 1 aliphatic heterocycles. The molecular formula is C21H22N6O. The Morgan fingerprint density at radius 3 is 2.50 bits per heavy atom. The summed E-state index contributed by atoms with van der Waals surface area (Å²) in [6, 6.07) is 15.7. The average Bonchev–Trinajstić information content (AvgIpc) is 3.12. The first-order valence-electron chi connectivity index (χ1n) is 9.61. The monoisotopic (exact) mass is 374 g/mol. The molecule has 0 unspecified atom stereocenters. The SMILES string of the molecule is NC1=NC2(CCCCC2)N(c2ccccc2-c2nc3ccccc3o2)C(N)=N1. The van der Waals surface area contributed by atoms with Crippen molar-refractivity contribution in [3.05, 3.63) is 48.5 Å². The van der Waals surface area contributed by atoms with Crippen LogP contribution in [-0.2, 0) is 0 Å². The number of aliphatic imine (C=N–C) groups is 2. The van der Waals surface area contributed by atoms with Crippen molar-refractivity contribution in [2.75, 3.05) is 4.90 Å². The predicted molar refractivity (Wildman–Crippen MR) is 111 cm³/mol. The van der Waals surface area contributed by atoms with Gasteiger partial charge in [0.1, 0.15) is 11.2 Å². The van der Waals surface area contributed by atoms with E-state index in [1.807, 2.05) is 53.4 Å². The van der Waals surface area contributed by atoms with Crippen LogP contribution in [0, 0.1) is 0 Å². The number of hydrogen-bond donors (Lipinski definition) is 2. The van der Waals surface area contributed by atoms with Gasteiger partial charge in [0.15, 0.2) is 5.58 Å². The first kappa shape index (κ1) is 16.8. The highest BCUT2D eigenvalue weighted by molar-refractivity contribution is 6.07. The molecule has 0 amide bonds. The van der Waals surface area contributed by atoms with Gasteiger partial charge >= 0.3 is 0 Å². The quantitative estimate of drug-likeness (QED) is 0.713. The van der Waals surface area contributed by atoms with Gasteiger partial charge in [0.25, 0.3) is 0 Å². The molecule has 4 N–H and O–H groups in total. The van der Waals surface area contributed by atoms with Crippen molar-refractivity contribution in [3.8, 4) is 11.5 Å². The van der Waals surface area contributed by atoms with Crippen LogP contribution in [-0.4, -0.2) is 22.6 Å². The number of nitrogens with two attached hydrogens (primary N) is 2. The zero-order valence-electron chi connectivity index (χ0n) is 15.5. The van der Waals surface area contributed by atoms with Crippen molar-refractivity contribution in [1.82, 2.24) is 4.98 Å². The number of benzene rings is 2. The third-order valence-corrected chi connectivity index (χ3v) is 5.52. The van der Waals surface area contributed by atoms with E-state index < -0.39 is 5.66 Å². The van der Waals surface area contributed by atoms with E-state index in [-0.39, 0.29) is 5.96 Å². The highest BCUT2D eigenvalue weighted by Gasteiger charge is 2.43. The van der Waals surface area contributed by atoms with E-state index in [2.05, 4.69) is 9.98 Å². The molecule has 0 bridgehead atoms. The summed E-state index contributed by atoms with van der Waals surface area (Å²) in [7, 11) is 0.